The first-order valence-corrected chi connectivity index (χ1v) is 6.12. The van der Waals surface area contributed by atoms with Gasteiger partial charge in [-0.2, -0.15) is 0 Å². The summed E-state index contributed by atoms with van der Waals surface area (Å²) in [5.74, 6) is 1.43. The van der Waals surface area contributed by atoms with Gasteiger partial charge >= 0.3 is 0 Å². The van der Waals surface area contributed by atoms with Crippen molar-refractivity contribution >= 4 is 0 Å². The number of hydrogen-bond acceptors (Lipinski definition) is 2. The summed E-state index contributed by atoms with van der Waals surface area (Å²) in [7, 11) is 1.92. The SMILES string of the molecule is CNC(C)Cc1ccc(-c2ccc(C)c(F)c2)o1. The van der Waals surface area contributed by atoms with Gasteiger partial charge in [0, 0.05) is 18.0 Å². The minimum absolute atomic E-state index is 0.200. The normalized spacial score (nSPS) is 12.7. The molecule has 0 amide bonds. The highest BCUT2D eigenvalue weighted by atomic mass is 19.1. The van der Waals surface area contributed by atoms with Crippen LogP contribution in [0, 0.1) is 12.7 Å². The Balaban J connectivity index is 2.21. The van der Waals surface area contributed by atoms with Crippen LogP contribution < -0.4 is 5.32 Å². The van der Waals surface area contributed by atoms with Crippen molar-refractivity contribution in [3.05, 3.63) is 47.5 Å². The molecule has 2 nitrogen and oxygen atoms in total. The molecule has 1 aromatic carbocycles. The predicted molar refractivity (Wildman–Crippen MR) is 71.1 cm³/mol. The number of halogens is 1. The van der Waals surface area contributed by atoms with Crippen LogP contribution in [0.25, 0.3) is 11.3 Å². The van der Waals surface area contributed by atoms with Gasteiger partial charge in [0.05, 0.1) is 0 Å². The third-order valence-electron chi connectivity index (χ3n) is 3.12. The zero-order valence-corrected chi connectivity index (χ0v) is 11.0. The molecule has 0 fully saturated rings. The maximum Gasteiger partial charge on any atom is 0.134 e. The Kier molecular flexibility index (Phi) is 3.82. The standard InChI is InChI=1S/C15H18FNO/c1-10-4-5-12(9-14(10)16)15-7-6-13(18-15)8-11(2)17-3/h4-7,9,11,17H,8H2,1-3H3. The van der Waals surface area contributed by atoms with Crippen LogP contribution >= 0.6 is 0 Å². The average molecular weight is 247 g/mol. The first kappa shape index (κ1) is 12.8. The van der Waals surface area contributed by atoms with E-state index in [0.717, 1.165) is 17.7 Å². The second kappa shape index (κ2) is 5.36. The van der Waals surface area contributed by atoms with Crippen molar-refractivity contribution < 1.29 is 8.81 Å². The first-order valence-electron chi connectivity index (χ1n) is 6.12. The molecule has 3 heteroatoms. The van der Waals surface area contributed by atoms with E-state index in [-0.39, 0.29) is 5.82 Å². The van der Waals surface area contributed by atoms with Gasteiger partial charge in [0.2, 0.25) is 0 Å². The van der Waals surface area contributed by atoms with E-state index in [1.165, 1.54) is 6.07 Å². The second-order valence-corrected chi connectivity index (χ2v) is 4.62. The predicted octanol–water partition coefficient (Wildman–Crippen LogP) is 3.54. The van der Waals surface area contributed by atoms with Crippen LogP contribution in [0.5, 0.6) is 0 Å². The molecule has 1 aromatic heterocycles. The fourth-order valence-electron chi connectivity index (χ4n) is 1.79. The number of nitrogens with one attached hydrogen (secondary N) is 1. The van der Waals surface area contributed by atoms with Crippen LogP contribution in [0.2, 0.25) is 0 Å². The number of aryl methyl sites for hydroxylation is 1. The summed E-state index contributed by atoms with van der Waals surface area (Å²) in [5.41, 5.74) is 1.43. The van der Waals surface area contributed by atoms with E-state index in [1.807, 2.05) is 25.2 Å². The number of hydrogen-bond donors (Lipinski definition) is 1. The minimum atomic E-state index is -0.200. The van der Waals surface area contributed by atoms with E-state index in [9.17, 15) is 4.39 Å². The maximum atomic E-state index is 13.5. The van der Waals surface area contributed by atoms with Crippen molar-refractivity contribution in [3.8, 4) is 11.3 Å². The molecule has 0 aliphatic carbocycles. The zero-order chi connectivity index (χ0) is 13.1. The first-order chi connectivity index (χ1) is 8.60. The molecule has 0 aliphatic rings. The fourth-order valence-corrected chi connectivity index (χ4v) is 1.79. The molecule has 2 aromatic rings. The van der Waals surface area contributed by atoms with Crippen molar-refractivity contribution in [1.29, 1.82) is 0 Å². The third-order valence-corrected chi connectivity index (χ3v) is 3.12. The fraction of sp³-hybridized carbons (Fsp3) is 0.333. The topological polar surface area (TPSA) is 25.2 Å². The summed E-state index contributed by atoms with van der Waals surface area (Å²) in [6, 6.07) is 9.35. The van der Waals surface area contributed by atoms with Crippen LogP contribution in [0.4, 0.5) is 4.39 Å². The lowest BCUT2D eigenvalue weighted by atomic mass is 10.1. The summed E-state index contributed by atoms with van der Waals surface area (Å²) in [6.45, 7) is 3.84. The highest BCUT2D eigenvalue weighted by Crippen LogP contribution is 2.24. The molecule has 0 saturated carbocycles. The lowest BCUT2D eigenvalue weighted by Crippen LogP contribution is -2.23. The number of likely N-dealkylation sites (N-methyl/N-ethyl adjacent to an activating group) is 1. The summed E-state index contributed by atoms with van der Waals surface area (Å²) >= 11 is 0. The molecule has 18 heavy (non-hydrogen) atoms. The Morgan fingerprint density at radius 1 is 1.28 bits per heavy atom. The van der Waals surface area contributed by atoms with Crippen LogP contribution in [0.3, 0.4) is 0 Å². The van der Waals surface area contributed by atoms with Gasteiger partial charge in [-0.15, -0.1) is 0 Å². The van der Waals surface area contributed by atoms with Crippen molar-refractivity contribution in [3.63, 3.8) is 0 Å². The summed E-state index contributed by atoms with van der Waals surface area (Å²) < 4.78 is 19.2. The lowest BCUT2D eigenvalue weighted by Gasteiger charge is -2.06. The monoisotopic (exact) mass is 247 g/mol. The highest BCUT2D eigenvalue weighted by Gasteiger charge is 2.09. The number of rotatable bonds is 4. The Bertz CT molecular complexity index is 533. The van der Waals surface area contributed by atoms with E-state index in [4.69, 9.17) is 4.42 Å². The number of furan rings is 1. The van der Waals surface area contributed by atoms with Crippen molar-refractivity contribution in [1.82, 2.24) is 5.32 Å². The Labute approximate surface area is 107 Å². The highest BCUT2D eigenvalue weighted by molar-refractivity contribution is 5.58. The molecular formula is C15H18FNO. The average Bonchev–Trinajstić information content (AvgIpc) is 2.81. The molecule has 1 unspecified atom stereocenters. The van der Waals surface area contributed by atoms with Crippen LogP contribution in [0.1, 0.15) is 18.2 Å². The molecule has 96 valence electrons. The number of benzene rings is 1. The molecule has 1 N–H and O–H groups in total. The second-order valence-electron chi connectivity index (χ2n) is 4.62. The van der Waals surface area contributed by atoms with Crippen molar-refractivity contribution in [2.75, 3.05) is 7.05 Å². The van der Waals surface area contributed by atoms with Crippen LogP contribution in [-0.2, 0) is 6.42 Å². The van der Waals surface area contributed by atoms with E-state index in [1.54, 1.807) is 13.0 Å². The Morgan fingerprint density at radius 3 is 2.72 bits per heavy atom. The molecule has 2 rings (SSSR count). The van der Waals surface area contributed by atoms with Gasteiger partial charge in [0.15, 0.2) is 0 Å². The smallest absolute Gasteiger partial charge is 0.134 e. The van der Waals surface area contributed by atoms with Crippen molar-refractivity contribution in [2.45, 2.75) is 26.3 Å². The summed E-state index contributed by atoms with van der Waals surface area (Å²) in [4.78, 5) is 0. The minimum Gasteiger partial charge on any atom is -0.461 e. The van der Waals surface area contributed by atoms with Gasteiger partial charge in [-0.3, -0.25) is 0 Å². The lowest BCUT2D eigenvalue weighted by molar-refractivity contribution is 0.481. The molecule has 0 bridgehead atoms. The van der Waals surface area contributed by atoms with Crippen LogP contribution in [-0.4, -0.2) is 13.1 Å². The molecule has 0 radical (unpaired) electrons. The van der Waals surface area contributed by atoms with E-state index >= 15 is 0 Å². The molecule has 0 spiro atoms. The van der Waals surface area contributed by atoms with Gasteiger partial charge < -0.3 is 9.73 Å². The summed E-state index contributed by atoms with van der Waals surface area (Å²) in [6.07, 6.45) is 0.824. The summed E-state index contributed by atoms with van der Waals surface area (Å²) in [5, 5.41) is 3.16. The van der Waals surface area contributed by atoms with Gasteiger partial charge in [0.1, 0.15) is 17.3 Å². The van der Waals surface area contributed by atoms with Crippen molar-refractivity contribution in [2.24, 2.45) is 0 Å². The quantitative estimate of drug-likeness (QED) is 0.894. The van der Waals surface area contributed by atoms with Gasteiger partial charge in [-0.05, 0) is 44.7 Å². The van der Waals surface area contributed by atoms with Gasteiger partial charge in [0.25, 0.3) is 0 Å². The maximum absolute atomic E-state index is 13.5. The third kappa shape index (κ3) is 2.79. The molecule has 1 atom stereocenters. The molecule has 0 aliphatic heterocycles. The van der Waals surface area contributed by atoms with Gasteiger partial charge in [-0.1, -0.05) is 12.1 Å². The molecule has 1 heterocycles. The Hall–Kier alpha value is -1.61. The molecular weight excluding hydrogens is 229 g/mol. The zero-order valence-electron chi connectivity index (χ0n) is 11.0. The largest absolute Gasteiger partial charge is 0.461 e. The van der Waals surface area contributed by atoms with E-state index < -0.39 is 0 Å². The van der Waals surface area contributed by atoms with E-state index in [0.29, 0.717) is 17.4 Å². The van der Waals surface area contributed by atoms with E-state index in [2.05, 4.69) is 12.2 Å². The molecule has 0 saturated heterocycles. The van der Waals surface area contributed by atoms with Crippen LogP contribution in [0.15, 0.2) is 34.7 Å². The Morgan fingerprint density at radius 2 is 2.06 bits per heavy atom. The van der Waals surface area contributed by atoms with Gasteiger partial charge in [-0.25, -0.2) is 4.39 Å².